The van der Waals surface area contributed by atoms with Gasteiger partial charge in [-0.05, 0) is 59.8 Å². The van der Waals surface area contributed by atoms with Crippen molar-refractivity contribution in [2.45, 2.75) is 16.7 Å². The molecule has 2 aromatic carbocycles. The molecule has 0 saturated carbocycles. The van der Waals surface area contributed by atoms with Crippen LogP contribution >= 0.6 is 33.3 Å². The Morgan fingerprint density at radius 1 is 1.22 bits per heavy atom. The lowest BCUT2D eigenvalue weighted by Gasteiger charge is -2.10. The quantitative estimate of drug-likeness (QED) is 0.280. The summed E-state index contributed by atoms with van der Waals surface area (Å²) < 4.78 is 44.8. The van der Waals surface area contributed by atoms with Gasteiger partial charge in [-0.1, -0.05) is 18.2 Å². The summed E-state index contributed by atoms with van der Waals surface area (Å²) in [6, 6.07) is 13.3. The average Bonchev–Trinajstić information content (AvgIpc) is 2.96. The van der Waals surface area contributed by atoms with Crippen LogP contribution in [-0.2, 0) is 24.8 Å². The zero-order valence-corrected chi connectivity index (χ0v) is 18.4. The van der Waals surface area contributed by atoms with E-state index in [4.69, 9.17) is 15.4 Å². The minimum Gasteiger partial charge on any atom is -0.461 e. The summed E-state index contributed by atoms with van der Waals surface area (Å²) in [6.45, 7) is 1.62. The predicted molar refractivity (Wildman–Crippen MR) is 112 cm³/mol. The lowest BCUT2D eigenvalue weighted by atomic mass is 10.2. The minimum absolute atomic E-state index is 0.0254. The number of benzene rings is 2. The molecule has 0 fully saturated rings. The van der Waals surface area contributed by atoms with Crippen molar-refractivity contribution >= 4 is 70.2 Å². The fourth-order valence-electron chi connectivity index (χ4n) is 2.64. The standard InChI is InChI=1S/C17H13ClINO5S2/c1-2-25-17(21)15-16(27(18,23)24)13-10-11(19)8-9-14(13)20(15)26(22)12-6-4-3-5-7-12/h3-10H,2H2,1H3. The molecule has 0 saturated heterocycles. The number of aromatic nitrogens is 1. The second kappa shape index (κ2) is 7.90. The molecule has 0 radical (unpaired) electrons. The van der Waals surface area contributed by atoms with Crippen molar-refractivity contribution in [3.63, 3.8) is 0 Å². The highest BCUT2D eigenvalue weighted by Crippen LogP contribution is 2.35. The van der Waals surface area contributed by atoms with Crippen molar-refractivity contribution in [3.05, 3.63) is 57.8 Å². The smallest absolute Gasteiger partial charge is 0.357 e. The van der Waals surface area contributed by atoms with Gasteiger partial charge < -0.3 is 4.74 Å². The molecule has 0 spiro atoms. The molecule has 0 amide bonds. The molecule has 0 N–H and O–H groups in total. The second-order valence-corrected chi connectivity index (χ2v) is 10.4. The number of hydrogen-bond acceptors (Lipinski definition) is 5. The number of hydrogen-bond donors (Lipinski definition) is 0. The van der Waals surface area contributed by atoms with E-state index in [2.05, 4.69) is 0 Å². The van der Waals surface area contributed by atoms with E-state index in [0.29, 0.717) is 10.4 Å². The summed E-state index contributed by atoms with van der Waals surface area (Å²) >= 11 is 2.02. The van der Waals surface area contributed by atoms with E-state index in [1.54, 1.807) is 55.5 Å². The number of nitrogens with zero attached hydrogens (tertiary/aromatic N) is 1. The largest absolute Gasteiger partial charge is 0.461 e. The number of ether oxygens (including phenoxy) is 1. The highest BCUT2D eigenvalue weighted by atomic mass is 127. The maximum Gasteiger partial charge on any atom is 0.357 e. The molecule has 0 aliphatic rings. The lowest BCUT2D eigenvalue weighted by molar-refractivity contribution is 0.0514. The summed E-state index contributed by atoms with van der Waals surface area (Å²) in [5.74, 6) is -0.910. The van der Waals surface area contributed by atoms with Crippen LogP contribution in [0.15, 0.2) is 58.3 Å². The van der Waals surface area contributed by atoms with Crippen LogP contribution in [0.3, 0.4) is 0 Å². The first-order valence-corrected chi connectivity index (χ1v) is 12.2. The fourth-order valence-corrected chi connectivity index (χ4v) is 5.76. The molecule has 0 aliphatic carbocycles. The van der Waals surface area contributed by atoms with Crippen LogP contribution < -0.4 is 0 Å². The third kappa shape index (κ3) is 3.91. The predicted octanol–water partition coefficient (Wildman–Crippen LogP) is 3.92. The molecule has 1 unspecified atom stereocenters. The number of carbonyl (C=O) groups is 1. The van der Waals surface area contributed by atoms with Crippen molar-refractivity contribution in [2.24, 2.45) is 0 Å². The Hall–Kier alpha value is -1.43. The Kier molecular flexibility index (Phi) is 5.94. The van der Waals surface area contributed by atoms with Crippen LogP contribution in [0.25, 0.3) is 10.9 Å². The van der Waals surface area contributed by atoms with Crippen molar-refractivity contribution in [1.29, 1.82) is 0 Å². The van der Waals surface area contributed by atoms with Crippen molar-refractivity contribution in [2.75, 3.05) is 6.61 Å². The SMILES string of the molecule is CCOC(=O)c1c(S(=O)(=O)Cl)c2cc(I)ccc2n1S(=O)c1ccccc1. The van der Waals surface area contributed by atoms with Crippen LogP contribution in [-0.4, -0.2) is 29.2 Å². The Morgan fingerprint density at radius 3 is 2.48 bits per heavy atom. The summed E-state index contributed by atoms with van der Waals surface area (Å²) in [5.41, 5.74) is -0.0501. The first-order valence-electron chi connectivity index (χ1n) is 7.68. The van der Waals surface area contributed by atoms with E-state index in [1.165, 1.54) is 0 Å². The van der Waals surface area contributed by atoms with Gasteiger partial charge in [0.05, 0.1) is 17.0 Å². The van der Waals surface area contributed by atoms with E-state index in [0.717, 1.165) is 7.54 Å². The topological polar surface area (TPSA) is 82.4 Å². The zero-order valence-electron chi connectivity index (χ0n) is 13.9. The number of halogens is 2. The van der Waals surface area contributed by atoms with Crippen molar-refractivity contribution in [3.8, 4) is 0 Å². The molecule has 142 valence electrons. The Morgan fingerprint density at radius 2 is 1.89 bits per heavy atom. The van der Waals surface area contributed by atoms with Crippen molar-refractivity contribution < 1.29 is 22.2 Å². The van der Waals surface area contributed by atoms with Gasteiger partial charge in [0.2, 0.25) is 0 Å². The maximum absolute atomic E-state index is 13.2. The van der Waals surface area contributed by atoms with E-state index in [1.807, 2.05) is 22.6 Å². The summed E-state index contributed by atoms with van der Waals surface area (Å²) in [5, 5.41) is 0.212. The normalized spacial score (nSPS) is 12.9. The monoisotopic (exact) mass is 537 g/mol. The van der Waals surface area contributed by atoms with Crippen LogP contribution in [0.1, 0.15) is 17.4 Å². The average molecular weight is 538 g/mol. The van der Waals surface area contributed by atoms with Gasteiger partial charge >= 0.3 is 5.97 Å². The van der Waals surface area contributed by atoms with Crippen LogP contribution in [0.4, 0.5) is 0 Å². The van der Waals surface area contributed by atoms with E-state index < -0.39 is 30.9 Å². The first-order chi connectivity index (χ1) is 12.8. The van der Waals surface area contributed by atoms with Gasteiger partial charge in [-0.25, -0.2) is 21.4 Å². The van der Waals surface area contributed by atoms with Crippen LogP contribution in [0.2, 0.25) is 0 Å². The third-order valence-electron chi connectivity index (χ3n) is 3.66. The van der Waals surface area contributed by atoms with Gasteiger partial charge in [-0.15, -0.1) is 0 Å². The second-order valence-electron chi connectivity index (χ2n) is 5.35. The summed E-state index contributed by atoms with van der Waals surface area (Å²) in [6.07, 6.45) is 0. The molecule has 27 heavy (non-hydrogen) atoms. The van der Waals surface area contributed by atoms with E-state index >= 15 is 0 Å². The molecule has 1 atom stereocenters. The Balaban J connectivity index is 2.46. The van der Waals surface area contributed by atoms with Gasteiger partial charge in [0.15, 0.2) is 16.7 Å². The molecule has 1 heterocycles. The van der Waals surface area contributed by atoms with Gasteiger partial charge in [0, 0.05) is 19.6 Å². The summed E-state index contributed by atoms with van der Waals surface area (Å²) in [4.78, 5) is 12.6. The molecule has 10 heteroatoms. The number of esters is 1. The van der Waals surface area contributed by atoms with Crippen LogP contribution in [0, 0.1) is 3.57 Å². The van der Waals surface area contributed by atoms with E-state index in [9.17, 15) is 17.4 Å². The first kappa shape index (κ1) is 20.3. The number of carbonyl (C=O) groups excluding carboxylic acids is 1. The molecular weight excluding hydrogens is 525 g/mol. The third-order valence-corrected chi connectivity index (χ3v) is 7.08. The highest BCUT2D eigenvalue weighted by Gasteiger charge is 2.33. The molecule has 6 nitrogen and oxygen atoms in total. The van der Waals surface area contributed by atoms with Gasteiger partial charge in [-0.2, -0.15) is 0 Å². The van der Waals surface area contributed by atoms with Crippen molar-refractivity contribution in [1.82, 2.24) is 3.97 Å². The fraction of sp³-hybridized carbons (Fsp3) is 0.118. The van der Waals surface area contributed by atoms with Gasteiger partial charge in [0.25, 0.3) is 9.05 Å². The van der Waals surface area contributed by atoms with Crippen LogP contribution in [0.5, 0.6) is 0 Å². The van der Waals surface area contributed by atoms with E-state index in [-0.39, 0.29) is 17.7 Å². The highest BCUT2D eigenvalue weighted by molar-refractivity contribution is 14.1. The molecular formula is C17H13ClINO5S2. The molecule has 1 aromatic heterocycles. The summed E-state index contributed by atoms with van der Waals surface area (Å²) in [7, 11) is -0.557. The van der Waals surface area contributed by atoms with Gasteiger partial charge in [0.1, 0.15) is 4.90 Å². The number of rotatable bonds is 5. The zero-order chi connectivity index (χ0) is 19.8. The lowest BCUT2D eigenvalue weighted by Crippen LogP contribution is -2.17. The Bertz CT molecular complexity index is 1160. The van der Waals surface area contributed by atoms with Gasteiger partial charge in [-0.3, -0.25) is 0 Å². The molecule has 0 bridgehead atoms. The molecule has 3 aromatic rings. The maximum atomic E-state index is 13.2. The molecule has 0 aliphatic heterocycles. The number of fused-ring (bicyclic) bond motifs is 1. The minimum atomic E-state index is -4.32. The molecule has 3 rings (SSSR count). The Labute approximate surface area is 176 Å².